The maximum Gasteiger partial charge on any atom is 0.416 e. The molecule has 0 aromatic heterocycles. The highest BCUT2D eigenvalue weighted by Crippen LogP contribution is 2.34. The highest BCUT2D eigenvalue weighted by atomic mass is 35.5. The van der Waals surface area contributed by atoms with Gasteiger partial charge in [-0.05, 0) is 23.8 Å². The number of carbonyl (C=O) groups excluding carboxylic acids is 1. The Balaban J connectivity index is 3.18. The van der Waals surface area contributed by atoms with Gasteiger partial charge < -0.3 is 0 Å². The fraction of sp³-hybridized carbons (Fsp3) is 0.300. The second-order valence-corrected chi connectivity index (χ2v) is 3.77. The van der Waals surface area contributed by atoms with Crippen LogP contribution in [-0.4, -0.2) is 12.2 Å². The molecule has 0 fully saturated rings. The maximum absolute atomic E-state index is 13.3. The zero-order valence-corrected chi connectivity index (χ0v) is 9.20. The van der Waals surface area contributed by atoms with Crippen molar-refractivity contribution >= 4 is 17.4 Å². The lowest BCUT2D eigenvalue weighted by Crippen LogP contribution is -2.17. The molecule has 0 aliphatic rings. The number of hydrogen-bond acceptors (Lipinski definition) is 1. The summed E-state index contributed by atoms with van der Waals surface area (Å²) in [7, 11) is 0. The third kappa shape index (κ3) is 3.38. The summed E-state index contributed by atoms with van der Waals surface area (Å²) in [5.74, 6) is -2.11. The van der Waals surface area contributed by atoms with Crippen molar-refractivity contribution in [3.8, 4) is 0 Å². The monoisotopic (exact) mass is 290 g/mol. The molecule has 8 heteroatoms. The minimum Gasteiger partial charge on any atom is -0.290 e. The molecule has 0 N–H and O–H groups in total. The number of halogens is 7. The van der Waals surface area contributed by atoms with Gasteiger partial charge >= 0.3 is 6.18 Å². The Morgan fingerprint density at radius 1 is 1.11 bits per heavy atom. The zero-order chi connectivity index (χ0) is 14.1. The van der Waals surface area contributed by atoms with Gasteiger partial charge in [0.25, 0.3) is 6.43 Å². The number of ketones is 1. The molecule has 1 atom stereocenters. The largest absolute Gasteiger partial charge is 0.416 e. The average Bonchev–Trinajstić information content (AvgIpc) is 2.24. The van der Waals surface area contributed by atoms with Gasteiger partial charge in [0.15, 0.2) is 6.17 Å². The van der Waals surface area contributed by atoms with Crippen LogP contribution in [0, 0.1) is 0 Å². The zero-order valence-electron chi connectivity index (χ0n) is 8.44. The summed E-state index contributed by atoms with van der Waals surface area (Å²) < 4.78 is 74.3. The molecule has 0 aliphatic heterocycles. The van der Waals surface area contributed by atoms with Crippen LogP contribution in [0.4, 0.5) is 26.3 Å². The molecule has 0 amide bonds. The number of carbonyl (C=O) groups is 1. The average molecular weight is 291 g/mol. The van der Waals surface area contributed by atoms with E-state index in [1.807, 2.05) is 0 Å². The van der Waals surface area contributed by atoms with E-state index in [9.17, 15) is 31.1 Å². The summed E-state index contributed by atoms with van der Waals surface area (Å²) in [6.45, 7) is 0. The van der Waals surface area contributed by atoms with E-state index in [2.05, 4.69) is 0 Å². The highest BCUT2D eigenvalue weighted by Gasteiger charge is 2.34. The quantitative estimate of drug-likeness (QED) is 0.762. The van der Waals surface area contributed by atoms with Gasteiger partial charge in [0, 0.05) is 5.02 Å². The van der Waals surface area contributed by atoms with Gasteiger partial charge in [0.2, 0.25) is 5.78 Å². The Morgan fingerprint density at radius 3 is 2.11 bits per heavy atom. The molecule has 100 valence electrons. The van der Waals surface area contributed by atoms with E-state index in [4.69, 9.17) is 11.6 Å². The molecule has 0 spiro atoms. The normalized spacial score (nSPS) is 13.8. The number of benzene rings is 1. The first kappa shape index (κ1) is 14.8. The molecular weight excluding hydrogens is 286 g/mol. The van der Waals surface area contributed by atoms with Crippen LogP contribution < -0.4 is 0 Å². The molecule has 0 saturated heterocycles. The second-order valence-electron chi connectivity index (χ2n) is 3.34. The molecule has 0 aliphatic carbocycles. The lowest BCUT2D eigenvalue weighted by Gasteiger charge is -2.12. The van der Waals surface area contributed by atoms with E-state index < -0.39 is 40.7 Å². The van der Waals surface area contributed by atoms with Gasteiger partial charge in [-0.15, -0.1) is 0 Å². The topological polar surface area (TPSA) is 17.1 Å². The third-order valence-electron chi connectivity index (χ3n) is 2.00. The van der Waals surface area contributed by atoms with Gasteiger partial charge in [-0.25, -0.2) is 13.2 Å². The van der Waals surface area contributed by atoms with Crippen molar-refractivity contribution in [3.05, 3.63) is 34.3 Å². The molecule has 1 aromatic carbocycles. The van der Waals surface area contributed by atoms with Crippen molar-refractivity contribution in [2.45, 2.75) is 18.8 Å². The lowest BCUT2D eigenvalue weighted by molar-refractivity contribution is -0.138. The first-order valence-electron chi connectivity index (χ1n) is 4.46. The van der Waals surface area contributed by atoms with Gasteiger partial charge in [-0.3, -0.25) is 4.79 Å². The van der Waals surface area contributed by atoms with Crippen molar-refractivity contribution in [1.29, 1.82) is 0 Å². The number of hydrogen-bond donors (Lipinski definition) is 0. The summed E-state index contributed by atoms with van der Waals surface area (Å²) >= 11 is 5.32. The summed E-state index contributed by atoms with van der Waals surface area (Å²) in [5, 5.41) is -0.496. The highest BCUT2D eigenvalue weighted by molar-refractivity contribution is 6.30. The van der Waals surface area contributed by atoms with E-state index in [1.165, 1.54) is 0 Å². The van der Waals surface area contributed by atoms with Crippen LogP contribution in [0.2, 0.25) is 5.02 Å². The fourth-order valence-corrected chi connectivity index (χ4v) is 1.44. The van der Waals surface area contributed by atoms with E-state index in [1.54, 1.807) is 0 Å². The molecule has 0 bridgehead atoms. The molecular formula is C10H5ClF6O. The van der Waals surface area contributed by atoms with E-state index in [0.29, 0.717) is 12.1 Å². The van der Waals surface area contributed by atoms with Crippen molar-refractivity contribution in [2.24, 2.45) is 0 Å². The fourth-order valence-electron chi connectivity index (χ4n) is 1.20. The molecule has 1 aromatic rings. The molecule has 1 nitrogen and oxygen atoms in total. The molecule has 1 rings (SSSR count). The Labute approximate surface area is 102 Å². The third-order valence-corrected chi connectivity index (χ3v) is 2.22. The molecule has 1 unspecified atom stereocenters. The predicted octanol–water partition coefficient (Wildman–Crippen LogP) is 4.20. The van der Waals surface area contributed by atoms with Crippen molar-refractivity contribution in [2.75, 3.05) is 0 Å². The van der Waals surface area contributed by atoms with Gasteiger partial charge in [0.1, 0.15) is 0 Å². The van der Waals surface area contributed by atoms with Crippen molar-refractivity contribution in [3.63, 3.8) is 0 Å². The SMILES string of the molecule is O=C(C(F)F)C(F)c1cc(Cl)cc(C(F)(F)F)c1. The first-order chi connectivity index (χ1) is 8.12. The summed E-state index contributed by atoms with van der Waals surface area (Å²) in [6.07, 6.45) is -11.3. The standard InChI is InChI=1S/C10H5ClF6O/c11-6-2-4(7(12)8(18)9(13)14)1-5(3-6)10(15,16)17/h1-3,7,9H. The lowest BCUT2D eigenvalue weighted by atomic mass is 10.0. The smallest absolute Gasteiger partial charge is 0.290 e. The summed E-state index contributed by atoms with van der Waals surface area (Å²) in [5.41, 5.74) is -2.16. The van der Waals surface area contributed by atoms with E-state index in [0.717, 1.165) is 0 Å². The van der Waals surface area contributed by atoms with Crippen LogP contribution in [0.25, 0.3) is 0 Å². The van der Waals surface area contributed by atoms with Gasteiger partial charge in [0.05, 0.1) is 5.56 Å². The van der Waals surface area contributed by atoms with Crippen LogP contribution in [0.3, 0.4) is 0 Å². The number of rotatable bonds is 3. The second kappa shape index (κ2) is 5.17. The van der Waals surface area contributed by atoms with Gasteiger partial charge in [-0.1, -0.05) is 11.6 Å². The van der Waals surface area contributed by atoms with Crippen LogP contribution >= 0.6 is 11.6 Å². The van der Waals surface area contributed by atoms with E-state index >= 15 is 0 Å². The summed E-state index contributed by atoms with van der Waals surface area (Å²) in [6, 6.07) is 1.48. The Hall–Kier alpha value is -1.24. The minimum atomic E-state index is -4.81. The number of alkyl halides is 6. The van der Waals surface area contributed by atoms with Crippen LogP contribution in [0.1, 0.15) is 17.3 Å². The summed E-state index contributed by atoms with van der Waals surface area (Å²) in [4.78, 5) is 10.7. The molecule has 0 radical (unpaired) electrons. The van der Waals surface area contributed by atoms with Crippen LogP contribution in [0.15, 0.2) is 18.2 Å². The maximum atomic E-state index is 13.3. The van der Waals surface area contributed by atoms with Crippen LogP contribution in [0.5, 0.6) is 0 Å². The van der Waals surface area contributed by atoms with E-state index in [-0.39, 0.29) is 6.07 Å². The molecule has 0 heterocycles. The Kier molecular flexibility index (Phi) is 4.26. The van der Waals surface area contributed by atoms with Crippen LogP contribution in [-0.2, 0) is 11.0 Å². The minimum absolute atomic E-state index is 0.275. The van der Waals surface area contributed by atoms with Crippen molar-refractivity contribution < 1.29 is 31.1 Å². The number of Topliss-reactive ketones (excluding diaryl/α,β-unsaturated/α-hetero) is 1. The molecule has 18 heavy (non-hydrogen) atoms. The first-order valence-corrected chi connectivity index (χ1v) is 4.84. The molecule has 0 saturated carbocycles. The predicted molar refractivity (Wildman–Crippen MR) is 51.3 cm³/mol. The Bertz CT molecular complexity index is 456. The van der Waals surface area contributed by atoms with Gasteiger partial charge in [-0.2, -0.15) is 13.2 Å². The Morgan fingerprint density at radius 2 is 1.67 bits per heavy atom. The van der Waals surface area contributed by atoms with Crippen molar-refractivity contribution in [1.82, 2.24) is 0 Å².